The first-order valence-electron chi connectivity index (χ1n) is 39.0. The van der Waals surface area contributed by atoms with E-state index in [9.17, 15) is 50.3 Å². The number of hydrogen-bond donors (Lipinski definition) is 3. The first kappa shape index (κ1) is 87.3. The number of rotatable bonds is 12. The van der Waals surface area contributed by atoms with Crippen LogP contribution >= 0.6 is 0 Å². The summed E-state index contributed by atoms with van der Waals surface area (Å²) in [6.45, 7) is 6.39. The number of fused-ring (bicyclic) bond motifs is 3. The number of alkyl halides is 9. The second-order valence-electron chi connectivity index (χ2n) is 33.5. The zero-order valence-corrected chi connectivity index (χ0v) is 65.2. The molecule has 3 aliphatic heterocycles. The van der Waals surface area contributed by atoms with Crippen LogP contribution in [0.15, 0.2) is 12.2 Å². The number of carbonyl (C=O) groups excluding carboxylic acids is 12. The van der Waals surface area contributed by atoms with Gasteiger partial charge in [0, 0.05) is 68.8 Å². The predicted octanol–water partition coefficient (Wildman–Crippen LogP) is 7.06. The molecule has 8 rings (SSSR count). The molecule has 12 amide bonds. The minimum atomic E-state index is -5.24. The predicted molar refractivity (Wildman–Crippen MR) is 382 cm³/mol. The van der Waals surface area contributed by atoms with Gasteiger partial charge in [-0.05, 0) is 145 Å². The van der Waals surface area contributed by atoms with Gasteiger partial charge in [-0.2, -0.15) is 26.3 Å². The van der Waals surface area contributed by atoms with Crippen LogP contribution in [0.2, 0.25) is 0 Å². The van der Waals surface area contributed by atoms with Crippen LogP contribution in [0.25, 0.3) is 0 Å². The number of nitrogens with zero attached hydrogens (tertiary/aromatic N) is 9. The zero-order valence-electron chi connectivity index (χ0n) is 65.2. The average Bonchev–Trinajstić information content (AvgIpc) is 1.72. The normalized spacial score (nSPS) is 32.9. The standard InChI is InChI=1S/C76H115F9N12O12/c1-13-43(3)62-70(107)91(8)40-60(100)92(9)53-22-16-15-19-31-96(69(53)106)57(35-45-25-28-48(29-26-45)75(80,81)82)68(105)90(7)39-58(98)86-52(30-27-46-32-50(78)61(51(79)33-46)76(83,84)85)66(103)97-38-49(77)36-55(97)65(102)88-74(41-73(4,5)42-74)72(109)95(12)63(47-20-17-18-21-47)71(108)94(11)56(67(104)89(6)14-2)37-59(99)93(10)54(64(101)87-62)34-44-23-24-44/h15-16,43-57,61-63H,13-14,17-42H2,1-12H3,(H,86,98)(H,87,101)(H,88,102)/b16-15-/t43-,45?,46?,48?,49+,50?,51?,52-,53-,54-,55-,56-,57-,61?,62-,63-/m0/s1. The third-order valence-electron chi connectivity index (χ3n) is 24.8. The molecule has 2 unspecified atom stereocenters. The molecule has 3 heterocycles. The van der Waals surface area contributed by atoms with Crippen molar-refractivity contribution in [3.8, 4) is 0 Å². The molecule has 2 saturated heterocycles. The van der Waals surface area contributed by atoms with E-state index in [4.69, 9.17) is 0 Å². The van der Waals surface area contributed by atoms with Gasteiger partial charge in [0.2, 0.25) is 70.9 Å². The van der Waals surface area contributed by atoms with E-state index in [2.05, 4.69) is 16.0 Å². The van der Waals surface area contributed by atoms with E-state index in [0.717, 1.165) is 37.3 Å². The van der Waals surface area contributed by atoms with Gasteiger partial charge in [0.15, 0.2) is 0 Å². The van der Waals surface area contributed by atoms with Crippen LogP contribution in [0.1, 0.15) is 182 Å². The first-order valence-corrected chi connectivity index (χ1v) is 39.0. The molecule has 0 aromatic carbocycles. The SMILES string of the molecule is CC[C@H](C)[C@@H]1NC(=O)[C@H](CC2CC2)N(C)C(=O)C[C@@H](C(=O)N(C)CC)N(C)C(=O)[C@H](C2CCCC2)N(C)C(=O)C2(CC(C)(C)C2)NC(=O)[C@@H]2C[C@@H](F)CN2C(=O)[C@H](CCC2CC(F)C(C(F)(F)F)C(F)C2)NC(=O)CN(C)C(=O)[C@H](CC2CCC(C(F)(F)F)CC2)N2CC/C=C\C[C@@H](C2=O)N(C)C(=O)CN(C)C1=O. The topological polar surface area (TPSA) is 270 Å². The summed E-state index contributed by atoms with van der Waals surface area (Å²) in [4.78, 5) is 191. The van der Waals surface area contributed by atoms with E-state index < -0.39 is 255 Å². The van der Waals surface area contributed by atoms with E-state index in [-0.39, 0.29) is 83.2 Å². The fourth-order valence-electron chi connectivity index (χ4n) is 17.9. The van der Waals surface area contributed by atoms with Crippen molar-refractivity contribution in [3.05, 3.63) is 12.2 Å². The molecule has 614 valence electrons. The lowest BCUT2D eigenvalue weighted by Gasteiger charge is -2.54. The highest BCUT2D eigenvalue weighted by Crippen LogP contribution is 2.50. The molecule has 24 nitrogen and oxygen atoms in total. The number of likely N-dealkylation sites (N-methyl/N-ethyl adjacent to an activating group) is 7. The van der Waals surface area contributed by atoms with Gasteiger partial charge in [0.25, 0.3) is 0 Å². The Labute approximate surface area is 633 Å². The first-order chi connectivity index (χ1) is 50.9. The molecule has 5 aliphatic carbocycles. The van der Waals surface area contributed by atoms with Crippen LogP contribution in [0.5, 0.6) is 0 Å². The fourth-order valence-corrected chi connectivity index (χ4v) is 17.9. The molecule has 33 heteroatoms. The van der Waals surface area contributed by atoms with Crippen molar-refractivity contribution in [2.45, 2.75) is 267 Å². The summed E-state index contributed by atoms with van der Waals surface area (Å²) < 4.78 is 131. The van der Waals surface area contributed by atoms with Crippen LogP contribution < -0.4 is 16.0 Å². The van der Waals surface area contributed by atoms with Gasteiger partial charge in [-0.3, -0.25) is 57.5 Å². The van der Waals surface area contributed by atoms with Crippen molar-refractivity contribution in [1.82, 2.24) is 60.0 Å². The zero-order chi connectivity index (χ0) is 80.9. The van der Waals surface area contributed by atoms with Crippen molar-refractivity contribution in [3.63, 3.8) is 0 Å². The number of halogens is 9. The second kappa shape index (κ2) is 36.1. The smallest absolute Gasteiger partial charge is 0.344 e. The quantitative estimate of drug-likeness (QED) is 0.131. The van der Waals surface area contributed by atoms with Crippen LogP contribution in [-0.2, 0) is 57.5 Å². The lowest BCUT2D eigenvalue weighted by Crippen LogP contribution is -2.71. The molecular weight excluding hydrogens is 1440 g/mol. The Morgan fingerprint density at radius 3 is 1.76 bits per heavy atom. The fraction of sp³-hybridized carbons (Fsp3) is 0.816. The Morgan fingerprint density at radius 2 is 1.20 bits per heavy atom. The van der Waals surface area contributed by atoms with Crippen molar-refractivity contribution in [2.24, 2.45) is 46.8 Å². The molecule has 109 heavy (non-hydrogen) atoms. The van der Waals surface area contributed by atoms with E-state index in [1.807, 2.05) is 13.8 Å². The molecule has 2 bridgehead atoms. The average molecular weight is 1560 g/mol. The van der Waals surface area contributed by atoms with E-state index in [0.29, 0.717) is 32.1 Å². The third-order valence-corrected chi connectivity index (χ3v) is 24.8. The van der Waals surface area contributed by atoms with Gasteiger partial charge in [0.1, 0.15) is 78.3 Å². The largest absolute Gasteiger partial charge is 0.397 e. The minimum Gasteiger partial charge on any atom is -0.344 e. The molecule has 0 aromatic rings. The summed E-state index contributed by atoms with van der Waals surface area (Å²) >= 11 is 0. The molecule has 3 N–H and O–H groups in total. The van der Waals surface area contributed by atoms with Crippen LogP contribution in [0.3, 0.4) is 0 Å². The van der Waals surface area contributed by atoms with Gasteiger partial charge >= 0.3 is 12.4 Å². The van der Waals surface area contributed by atoms with Crippen molar-refractivity contribution < 1.29 is 97.0 Å². The number of hydrogen-bond acceptors (Lipinski definition) is 12. The van der Waals surface area contributed by atoms with E-state index in [1.165, 1.54) is 68.9 Å². The van der Waals surface area contributed by atoms with Crippen molar-refractivity contribution >= 4 is 70.9 Å². The summed E-state index contributed by atoms with van der Waals surface area (Å²) in [5.41, 5.74) is -2.49. The van der Waals surface area contributed by atoms with Gasteiger partial charge < -0.3 is 60.0 Å². The lowest BCUT2D eigenvalue weighted by molar-refractivity contribution is -0.219. The Hall–Kier alpha value is -7.25. The Morgan fingerprint density at radius 1 is 0.615 bits per heavy atom. The molecule has 5 saturated carbocycles. The van der Waals surface area contributed by atoms with Crippen LogP contribution in [-0.4, -0.2) is 282 Å². The Bertz CT molecular complexity index is 3330. The Balaban J connectivity index is 1.20. The van der Waals surface area contributed by atoms with Gasteiger partial charge in [-0.15, -0.1) is 0 Å². The highest BCUT2D eigenvalue weighted by Gasteiger charge is 2.60. The minimum absolute atomic E-state index is 0.00892. The highest BCUT2D eigenvalue weighted by atomic mass is 19.4. The van der Waals surface area contributed by atoms with Crippen LogP contribution in [0.4, 0.5) is 39.5 Å². The monoisotopic (exact) mass is 1560 g/mol. The van der Waals surface area contributed by atoms with Gasteiger partial charge in [-0.25, -0.2) is 13.2 Å². The molecule has 0 aromatic heterocycles. The molecule has 1 spiro atoms. The Kier molecular flexibility index (Phi) is 28.9. The van der Waals surface area contributed by atoms with Gasteiger partial charge in [-0.1, -0.05) is 72.0 Å². The van der Waals surface area contributed by atoms with Gasteiger partial charge in [0.05, 0.1) is 32.0 Å². The van der Waals surface area contributed by atoms with E-state index in [1.54, 1.807) is 32.9 Å². The maximum absolute atomic E-state index is 16.3. The molecule has 12 atom stereocenters. The maximum Gasteiger partial charge on any atom is 0.397 e. The molecule has 8 aliphatic rings. The number of carbonyl (C=O) groups is 12. The van der Waals surface area contributed by atoms with Crippen molar-refractivity contribution in [2.75, 3.05) is 82.1 Å². The molecular formula is C76H115F9N12O12. The number of amides is 12. The summed E-state index contributed by atoms with van der Waals surface area (Å²) in [5, 5.41) is 8.25. The maximum atomic E-state index is 16.3. The van der Waals surface area contributed by atoms with Crippen LogP contribution in [0, 0.1) is 46.8 Å². The summed E-state index contributed by atoms with van der Waals surface area (Å²) in [5.74, 6) is -17.5. The summed E-state index contributed by atoms with van der Waals surface area (Å²) in [6, 6.07) is -11.8. The molecule has 0 radical (unpaired) electrons. The van der Waals surface area contributed by atoms with Crippen molar-refractivity contribution in [1.29, 1.82) is 0 Å². The summed E-state index contributed by atoms with van der Waals surface area (Å²) in [7, 11) is 9.42. The number of nitrogens with one attached hydrogen (secondary N) is 3. The third kappa shape index (κ3) is 20.9. The second-order valence-corrected chi connectivity index (χ2v) is 33.5. The highest BCUT2D eigenvalue weighted by molar-refractivity contribution is 6.01. The lowest BCUT2D eigenvalue weighted by atomic mass is 9.58. The summed E-state index contributed by atoms with van der Waals surface area (Å²) in [6.07, 6.45) is -14.5. The molecule has 7 fully saturated rings. The van der Waals surface area contributed by atoms with E-state index >= 15 is 46.7 Å².